The van der Waals surface area contributed by atoms with E-state index in [1.54, 1.807) is 0 Å². The maximum absolute atomic E-state index is 12.5. The van der Waals surface area contributed by atoms with Gasteiger partial charge in [0.05, 0.1) is 17.6 Å². The summed E-state index contributed by atoms with van der Waals surface area (Å²) in [7, 11) is -2.60. The first-order valence-corrected chi connectivity index (χ1v) is 7.37. The predicted octanol–water partition coefficient (Wildman–Crippen LogP) is 0.586. The molecule has 9 heteroatoms. The van der Waals surface area contributed by atoms with E-state index in [1.807, 2.05) is 0 Å². The van der Waals surface area contributed by atoms with Crippen molar-refractivity contribution in [3.8, 4) is 0 Å². The zero-order valence-corrected chi connectivity index (χ0v) is 11.7. The summed E-state index contributed by atoms with van der Waals surface area (Å²) in [4.78, 5) is 9.86. The molecule has 2 N–H and O–H groups in total. The Hall–Kier alpha value is -1.71. The predicted molar refractivity (Wildman–Crippen MR) is 71.7 cm³/mol. The molecule has 1 aliphatic heterocycles. The molecule has 0 spiro atoms. The first-order chi connectivity index (χ1) is 9.34. The van der Waals surface area contributed by atoms with Gasteiger partial charge in [-0.2, -0.15) is 4.31 Å². The number of nitro benzene ring substituents is 1. The summed E-state index contributed by atoms with van der Waals surface area (Å²) >= 11 is 0. The molecule has 110 valence electrons. The van der Waals surface area contributed by atoms with Gasteiger partial charge < -0.3 is 10.5 Å². The van der Waals surface area contributed by atoms with Crippen molar-refractivity contribution in [1.29, 1.82) is 0 Å². The van der Waals surface area contributed by atoms with Gasteiger partial charge in [-0.15, -0.1) is 0 Å². The summed E-state index contributed by atoms with van der Waals surface area (Å²) in [5.41, 5.74) is 5.22. The van der Waals surface area contributed by atoms with Gasteiger partial charge >= 0.3 is 0 Å². The van der Waals surface area contributed by atoms with Crippen LogP contribution in [0.2, 0.25) is 0 Å². The normalized spacial score (nSPS) is 19.4. The highest BCUT2D eigenvalue weighted by atomic mass is 32.2. The van der Waals surface area contributed by atoms with Crippen molar-refractivity contribution in [2.45, 2.75) is 17.4 Å². The Morgan fingerprint density at radius 2 is 2.20 bits per heavy atom. The molecule has 1 saturated heterocycles. The fraction of sp³-hybridized carbons (Fsp3) is 0.455. The number of sulfonamides is 1. The van der Waals surface area contributed by atoms with Crippen molar-refractivity contribution in [2.75, 3.05) is 26.0 Å². The average Bonchev–Trinajstić information content (AvgIpc) is 2.91. The van der Waals surface area contributed by atoms with E-state index in [1.165, 1.54) is 13.1 Å². The van der Waals surface area contributed by atoms with Crippen LogP contribution in [0.4, 0.5) is 11.4 Å². The van der Waals surface area contributed by atoms with Gasteiger partial charge in [0.2, 0.25) is 10.0 Å². The van der Waals surface area contributed by atoms with Crippen molar-refractivity contribution >= 4 is 21.4 Å². The van der Waals surface area contributed by atoms with E-state index in [-0.39, 0.29) is 18.3 Å². The number of nitro groups is 1. The quantitative estimate of drug-likeness (QED) is 0.494. The van der Waals surface area contributed by atoms with Crippen LogP contribution < -0.4 is 5.73 Å². The van der Waals surface area contributed by atoms with Gasteiger partial charge in [-0.3, -0.25) is 10.1 Å². The fourth-order valence-corrected chi connectivity index (χ4v) is 3.61. The number of anilines is 1. The number of ether oxygens (including phenoxy) is 1. The summed E-state index contributed by atoms with van der Waals surface area (Å²) in [5, 5.41) is 11.0. The van der Waals surface area contributed by atoms with E-state index in [0.29, 0.717) is 13.0 Å². The summed E-state index contributed by atoms with van der Waals surface area (Å²) < 4.78 is 31.3. The molecule has 0 radical (unpaired) electrons. The van der Waals surface area contributed by atoms with Gasteiger partial charge in [0, 0.05) is 25.4 Å². The molecule has 0 saturated carbocycles. The molecule has 0 aromatic heterocycles. The Balaban J connectivity index is 2.47. The van der Waals surface area contributed by atoms with Crippen LogP contribution in [-0.4, -0.2) is 43.9 Å². The lowest BCUT2D eigenvalue weighted by Crippen LogP contribution is -2.37. The molecule has 0 amide bonds. The molecule has 1 aromatic carbocycles. The number of benzene rings is 1. The Bertz CT molecular complexity index is 625. The van der Waals surface area contributed by atoms with Crippen molar-refractivity contribution in [1.82, 2.24) is 4.31 Å². The van der Waals surface area contributed by atoms with E-state index < -0.39 is 25.5 Å². The summed E-state index contributed by atoms with van der Waals surface area (Å²) in [5.74, 6) is 0. The summed E-state index contributed by atoms with van der Waals surface area (Å²) in [6.45, 7) is 0.759. The molecule has 1 aliphatic rings. The smallest absolute Gasteiger partial charge is 0.289 e. The standard InChI is InChI=1S/C11H15N3O5S/c1-13(9-4-5-19-7-9)20(17,18)11-6-8(12)2-3-10(11)14(15)16/h2-3,6,9H,4-5,7,12H2,1H3. The molecule has 20 heavy (non-hydrogen) atoms. The van der Waals surface area contributed by atoms with Crippen LogP contribution in [0.5, 0.6) is 0 Å². The molecule has 1 fully saturated rings. The Morgan fingerprint density at radius 1 is 1.50 bits per heavy atom. The number of hydrogen-bond acceptors (Lipinski definition) is 6. The van der Waals surface area contributed by atoms with Crippen LogP contribution in [0.1, 0.15) is 6.42 Å². The highest BCUT2D eigenvalue weighted by Crippen LogP contribution is 2.30. The SMILES string of the molecule is CN(C1CCOC1)S(=O)(=O)c1cc(N)ccc1[N+](=O)[O-]. The van der Waals surface area contributed by atoms with Gasteiger partial charge in [0.1, 0.15) is 0 Å². The van der Waals surface area contributed by atoms with Gasteiger partial charge in [-0.25, -0.2) is 8.42 Å². The molecule has 2 rings (SSSR count). The minimum Gasteiger partial charge on any atom is -0.399 e. The van der Waals surface area contributed by atoms with Crippen LogP contribution in [0, 0.1) is 10.1 Å². The summed E-state index contributed by atoms with van der Waals surface area (Å²) in [6.07, 6.45) is 0.561. The number of likely N-dealkylation sites (N-methyl/N-ethyl adjacent to an activating group) is 1. The number of nitrogens with zero attached hydrogens (tertiary/aromatic N) is 2. The molecule has 0 bridgehead atoms. The lowest BCUT2D eigenvalue weighted by atomic mass is 10.3. The van der Waals surface area contributed by atoms with Gasteiger partial charge in [-0.1, -0.05) is 0 Å². The molecule has 1 unspecified atom stereocenters. The molecular weight excluding hydrogens is 286 g/mol. The van der Waals surface area contributed by atoms with Crippen molar-refractivity contribution in [2.24, 2.45) is 0 Å². The minimum absolute atomic E-state index is 0.158. The zero-order valence-electron chi connectivity index (χ0n) is 10.9. The van der Waals surface area contributed by atoms with Crippen LogP contribution >= 0.6 is 0 Å². The van der Waals surface area contributed by atoms with Crippen LogP contribution in [0.25, 0.3) is 0 Å². The number of hydrogen-bond donors (Lipinski definition) is 1. The molecule has 1 heterocycles. The molecule has 1 atom stereocenters. The van der Waals surface area contributed by atoms with E-state index >= 15 is 0 Å². The maximum Gasteiger partial charge on any atom is 0.289 e. The molecular formula is C11H15N3O5S. The maximum atomic E-state index is 12.5. The molecule has 0 aliphatic carbocycles. The van der Waals surface area contributed by atoms with Gasteiger partial charge in [0.15, 0.2) is 4.90 Å². The second-order valence-corrected chi connectivity index (χ2v) is 6.49. The van der Waals surface area contributed by atoms with Crippen molar-refractivity contribution in [3.05, 3.63) is 28.3 Å². The lowest BCUT2D eigenvalue weighted by molar-refractivity contribution is -0.387. The van der Waals surface area contributed by atoms with Crippen LogP contribution in [0.15, 0.2) is 23.1 Å². The summed E-state index contributed by atoms with van der Waals surface area (Å²) in [6, 6.07) is 3.19. The highest BCUT2D eigenvalue weighted by molar-refractivity contribution is 7.89. The van der Waals surface area contributed by atoms with Crippen LogP contribution in [0.3, 0.4) is 0 Å². The highest BCUT2D eigenvalue weighted by Gasteiger charge is 2.35. The largest absolute Gasteiger partial charge is 0.399 e. The number of nitrogen functional groups attached to an aromatic ring is 1. The third-order valence-electron chi connectivity index (χ3n) is 3.26. The molecule has 8 nitrogen and oxygen atoms in total. The third-order valence-corrected chi connectivity index (χ3v) is 5.20. The van der Waals surface area contributed by atoms with E-state index in [4.69, 9.17) is 10.5 Å². The van der Waals surface area contributed by atoms with E-state index in [9.17, 15) is 18.5 Å². The van der Waals surface area contributed by atoms with E-state index in [0.717, 1.165) is 16.4 Å². The number of nitrogens with two attached hydrogens (primary N) is 1. The lowest BCUT2D eigenvalue weighted by Gasteiger charge is -2.22. The van der Waals surface area contributed by atoms with Crippen LogP contribution in [-0.2, 0) is 14.8 Å². The Morgan fingerprint density at radius 3 is 2.75 bits per heavy atom. The first kappa shape index (κ1) is 14.7. The van der Waals surface area contributed by atoms with Gasteiger partial charge in [-0.05, 0) is 18.6 Å². The minimum atomic E-state index is -3.99. The van der Waals surface area contributed by atoms with Crippen molar-refractivity contribution in [3.63, 3.8) is 0 Å². The first-order valence-electron chi connectivity index (χ1n) is 5.93. The topological polar surface area (TPSA) is 116 Å². The number of rotatable bonds is 4. The Kier molecular flexibility index (Phi) is 3.93. The van der Waals surface area contributed by atoms with Gasteiger partial charge in [0.25, 0.3) is 5.69 Å². The fourth-order valence-electron chi connectivity index (χ4n) is 2.05. The Labute approximate surface area is 116 Å². The molecule has 1 aromatic rings. The second kappa shape index (κ2) is 5.35. The average molecular weight is 301 g/mol. The van der Waals surface area contributed by atoms with E-state index in [2.05, 4.69) is 0 Å². The third kappa shape index (κ3) is 2.60. The second-order valence-electron chi connectivity index (χ2n) is 4.52. The van der Waals surface area contributed by atoms with Crippen molar-refractivity contribution < 1.29 is 18.1 Å². The zero-order chi connectivity index (χ0) is 14.9. The monoisotopic (exact) mass is 301 g/mol.